The number of benzene rings is 2. The fourth-order valence-electron chi connectivity index (χ4n) is 3.16. The zero-order valence-electron chi connectivity index (χ0n) is 15.2. The molecule has 2 aromatic heterocycles. The van der Waals surface area contributed by atoms with Gasteiger partial charge in [-0.3, -0.25) is 9.20 Å². The lowest BCUT2D eigenvalue weighted by molar-refractivity contribution is -0.137. The van der Waals surface area contributed by atoms with Crippen LogP contribution in [0.25, 0.3) is 28.2 Å². The molecule has 0 aliphatic carbocycles. The van der Waals surface area contributed by atoms with Crippen LogP contribution in [0.1, 0.15) is 15.9 Å². The van der Waals surface area contributed by atoms with Gasteiger partial charge in [-0.05, 0) is 41.5 Å². The molecule has 0 saturated carbocycles. The normalized spacial score (nSPS) is 11.6. The molecule has 0 aliphatic rings. The molecule has 8 heteroatoms. The molecular formula is C21H15F3N4O. The lowest BCUT2D eigenvalue weighted by Gasteiger charge is -2.11. The van der Waals surface area contributed by atoms with Crippen LogP contribution >= 0.6 is 0 Å². The molecule has 2 heterocycles. The highest BCUT2D eigenvalue weighted by atomic mass is 19.4. The molecular weight excluding hydrogens is 381 g/mol. The van der Waals surface area contributed by atoms with E-state index in [-0.39, 0.29) is 17.3 Å². The molecule has 0 unspecified atom stereocenters. The SMILES string of the molecule is CNC(=O)c1cccc(-c2ccn3c(-c4ccccc4C(F)(F)F)nnc3c2)c1. The fourth-order valence-corrected chi connectivity index (χ4v) is 3.16. The Balaban J connectivity index is 1.80. The van der Waals surface area contributed by atoms with Crippen LogP contribution in [0, 0.1) is 0 Å². The number of aromatic nitrogens is 3. The van der Waals surface area contributed by atoms with Crippen LogP contribution in [0.5, 0.6) is 0 Å². The van der Waals surface area contributed by atoms with Gasteiger partial charge in [0.1, 0.15) is 0 Å². The van der Waals surface area contributed by atoms with Crippen LogP contribution in [-0.4, -0.2) is 27.6 Å². The standard InChI is InChI=1S/C21H15F3N4O/c1-25-20(29)15-6-4-5-13(11-15)14-9-10-28-18(12-14)26-27-19(28)16-7-2-3-8-17(16)21(22,23)24/h2-12H,1H3,(H,25,29). The predicted molar refractivity (Wildman–Crippen MR) is 102 cm³/mol. The summed E-state index contributed by atoms with van der Waals surface area (Å²) < 4.78 is 41.6. The second-order valence-corrected chi connectivity index (χ2v) is 6.37. The van der Waals surface area contributed by atoms with Crippen LogP contribution in [0.4, 0.5) is 13.2 Å². The summed E-state index contributed by atoms with van der Waals surface area (Å²) in [5.74, 6) is -0.0972. The maximum absolute atomic E-state index is 13.4. The number of nitrogens with zero attached hydrogens (tertiary/aromatic N) is 3. The summed E-state index contributed by atoms with van der Waals surface area (Å²) >= 11 is 0. The number of fused-ring (bicyclic) bond motifs is 1. The summed E-state index contributed by atoms with van der Waals surface area (Å²) in [6, 6.07) is 15.8. The van der Waals surface area contributed by atoms with Gasteiger partial charge in [-0.2, -0.15) is 13.2 Å². The van der Waals surface area contributed by atoms with Crippen LogP contribution in [0.15, 0.2) is 66.9 Å². The molecule has 2 aromatic carbocycles. The van der Waals surface area contributed by atoms with Gasteiger partial charge in [-0.1, -0.05) is 30.3 Å². The highest BCUT2D eigenvalue weighted by Gasteiger charge is 2.34. The Morgan fingerprint density at radius 1 is 0.966 bits per heavy atom. The summed E-state index contributed by atoms with van der Waals surface area (Å²) in [5, 5.41) is 10.6. The van der Waals surface area contributed by atoms with Crippen molar-refractivity contribution in [3.8, 4) is 22.5 Å². The number of alkyl halides is 3. The number of amides is 1. The van der Waals surface area contributed by atoms with Gasteiger partial charge in [0.05, 0.1) is 5.56 Å². The van der Waals surface area contributed by atoms with Gasteiger partial charge in [0.15, 0.2) is 11.5 Å². The second kappa shape index (κ2) is 7.05. The second-order valence-electron chi connectivity index (χ2n) is 6.37. The smallest absolute Gasteiger partial charge is 0.355 e. The first-order valence-electron chi connectivity index (χ1n) is 8.72. The molecule has 4 rings (SSSR count). The zero-order valence-corrected chi connectivity index (χ0v) is 15.2. The number of hydrogen-bond acceptors (Lipinski definition) is 3. The van der Waals surface area contributed by atoms with Gasteiger partial charge < -0.3 is 5.32 Å². The minimum absolute atomic E-state index is 0.0399. The van der Waals surface area contributed by atoms with E-state index in [2.05, 4.69) is 15.5 Å². The molecule has 0 fully saturated rings. The van der Waals surface area contributed by atoms with Gasteiger partial charge in [-0.15, -0.1) is 10.2 Å². The van der Waals surface area contributed by atoms with Gasteiger partial charge in [0.25, 0.3) is 5.91 Å². The van der Waals surface area contributed by atoms with E-state index in [9.17, 15) is 18.0 Å². The molecule has 0 bridgehead atoms. The Hall–Kier alpha value is -3.68. The molecule has 1 amide bonds. The van der Waals surface area contributed by atoms with Crippen LogP contribution in [0.2, 0.25) is 0 Å². The largest absolute Gasteiger partial charge is 0.417 e. The number of pyridine rings is 1. The zero-order chi connectivity index (χ0) is 20.6. The van der Waals surface area contributed by atoms with E-state index in [4.69, 9.17) is 0 Å². The number of carbonyl (C=O) groups is 1. The highest BCUT2D eigenvalue weighted by molar-refractivity contribution is 5.95. The molecule has 1 N–H and O–H groups in total. The predicted octanol–water partition coefficient (Wildman–Crippen LogP) is 4.44. The molecule has 0 atom stereocenters. The van der Waals surface area contributed by atoms with Crippen molar-refractivity contribution in [3.05, 3.63) is 78.0 Å². The molecule has 0 saturated heterocycles. The Morgan fingerprint density at radius 2 is 1.72 bits per heavy atom. The van der Waals surface area contributed by atoms with Crippen molar-refractivity contribution >= 4 is 11.6 Å². The summed E-state index contributed by atoms with van der Waals surface area (Å²) in [4.78, 5) is 11.9. The van der Waals surface area contributed by atoms with E-state index in [1.54, 1.807) is 43.6 Å². The number of hydrogen-bond donors (Lipinski definition) is 1. The quantitative estimate of drug-likeness (QED) is 0.557. The molecule has 5 nitrogen and oxygen atoms in total. The molecule has 0 spiro atoms. The van der Waals surface area contributed by atoms with Gasteiger partial charge in [0, 0.05) is 24.4 Å². The monoisotopic (exact) mass is 396 g/mol. The molecule has 146 valence electrons. The van der Waals surface area contributed by atoms with Crippen molar-refractivity contribution in [1.82, 2.24) is 19.9 Å². The number of nitrogens with one attached hydrogen (secondary N) is 1. The van der Waals surface area contributed by atoms with E-state index in [0.29, 0.717) is 11.2 Å². The summed E-state index contributed by atoms with van der Waals surface area (Å²) in [6.07, 6.45) is -2.87. The van der Waals surface area contributed by atoms with Crippen LogP contribution in [0.3, 0.4) is 0 Å². The van der Waals surface area contributed by atoms with Crippen LogP contribution < -0.4 is 5.32 Å². The lowest BCUT2D eigenvalue weighted by Crippen LogP contribution is -2.17. The number of carbonyl (C=O) groups excluding carboxylic acids is 1. The van der Waals surface area contributed by atoms with Gasteiger partial charge in [0.2, 0.25) is 0 Å². The summed E-state index contributed by atoms with van der Waals surface area (Å²) in [6.45, 7) is 0. The van der Waals surface area contributed by atoms with Crippen molar-refractivity contribution in [2.75, 3.05) is 7.05 Å². The fraction of sp³-hybridized carbons (Fsp3) is 0.0952. The minimum Gasteiger partial charge on any atom is -0.355 e. The van der Waals surface area contributed by atoms with Gasteiger partial charge >= 0.3 is 6.18 Å². The number of rotatable bonds is 3. The van der Waals surface area contributed by atoms with E-state index in [1.165, 1.54) is 22.6 Å². The third-order valence-corrected chi connectivity index (χ3v) is 4.57. The Bertz CT molecular complexity index is 1210. The Kier molecular flexibility index (Phi) is 4.54. The third kappa shape index (κ3) is 3.44. The topological polar surface area (TPSA) is 59.3 Å². The minimum atomic E-state index is -4.50. The molecule has 0 radical (unpaired) electrons. The Morgan fingerprint density at radius 3 is 2.48 bits per heavy atom. The maximum atomic E-state index is 13.4. The van der Waals surface area contributed by atoms with Crippen molar-refractivity contribution in [3.63, 3.8) is 0 Å². The van der Waals surface area contributed by atoms with Crippen molar-refractivity contribution in [1.29, 1.82) is 0 Å². The average molecular weight is 396 g/mol. The third-order valence-electron chi connectivity index (χ3n) is 4.57. The van der Waals surface area contributed by atoms with Crippen molar-refractivity contribution in [2.24, 2.45) is 0 Å². The highest BCUT2D eigenvalue weighted by Crippen LogP contribution is 2.36. The van der Waals surface area contributed by atoms with E-state index >= 15 is 0 Å². The van der Waals surface area contributed by atoms with E-state index in [1.807, 2.05) is 6.07 Å². The van der Waals surface area contributed by atoms with E-state index < -0.39 is 11.7 Å². The number of halogens is 3. The first-order valence-corrected chi connectivity index (χ1v) is 8.72. The first-order chi connectivity index (χ1) is 13.9. The Labute approximate surface area is 163 Å². The summed E-state index contributed by atoms with van der Waals surface area (Å²) in [5.41, 5.74) is 1.66. The molecule has 29 heavy (non-hydrogen) atoms. The van der Waals surface area contributed by atoms with Crippen LogP contribution in [-0.2, 0) is 6.18 Å². The molecule has 4 aromatic rings. The first kappa shape index (κ1) is 18.7. The van der Waals surface area contributed by atoms with Crippen molar-refractivity contribution in [2.45, 2.75) is 6.18 Å². The summed E-state index contributed by atoms with van der Waals surface area (Å²) in [7, 11) is 1.55. The maximum Gasteiger partial charge on any atom is 0.417 e. The van der Waals surface area contributed by atoms with Gasteiger partial charge in [-0.25, -0.2) is 0 Å². The van der Waals surface area contributed by atoms with Crippen molar-refractivity contribution < 1.29 is 18.0 Å². The lowest BCUT2D eigenvalue weighted by atomic mass is 10.0. The van der Waals surface area contributed by atoms with E-state index in [0.717, 1.165) is 17.2 Å². The molecule has 0 aliphatic heterocycles. The average Bonchev–Trinajstić information content (AvgIpc) is 3.15.